The molecule has 0 spiro atoms. The topological polar surface area (TPSA) is 34.1 Å². The van der Waals surface area contributed by atoms with Crippen LogP contribution in [0.1, 0.15) is 105 Å². The Hall–Kier alpha value is -0.660. The van der Waals surface area contributed by atoms with Crippen LogP contribution in [-0.2, 0) is 9.59 Å². The minimum atomic E-state index is -0.0821. The summed E-state index contributed by atoms with van der Waals surface area (Å²) in [5.41, 5.74) is 0. The van der Waals surface area contributed by atoms with Gasteiger partial charge in [-0.15, -0.1) is 0 Å². The first kappa shape index (κ1) is 21.3. The van der Waals surface area contributed by atoms with Crippen molar-refractivity contribution in [2.24, 2.45) is 11.8 Å². The molecule has 0 amide bonds. The summed E-state index contributed by atoms with van der Waals surface area (Å²) >= 11 is 0. The van der Waals surface area contributed by atoms with Gasteiger partial charge in [-0.25, -0.2) is 0 Å². The van der Waals surface area contributed by atoms with E-state index in [1.54, 1.807) is 0 Å². The van der Waals surface area contributed by atoms with Crippen LogP contribution in [-0.4, -0.2) is 11.6 Å². The van der Waals surface area contributed by atoms with Gasteiger partial charge in [0, 0.05) is 11.8 Å². The molecule has 0 saturated heterocycles. The van der Waals surface area contributed by atoms with Gasteiger partial charge in [0.2, 0.25) is 11.6 Å². The molecule has 130 valence electrons. The number of hydrogen-bond acceptors (Lipinski definition) is 2. The number of unbranched alkanes of at least 4 members (excludes halogenated alkanes) is 6. The Morgan fingerprint density at radius 1 is 0.591 bits per heavy atom. The van der Waals surface area contributed by atoms with Crippen molar-refractivity contribution in [1.82, 2.24) is 0 Å². The zero-order valence-corrected chi connectivity index (χ0v) is 15.5. The van der Waals surface area contributed by atoms with Crippen LogP contribution in [0, 0.1) is 11.8 Å². The van der Waals surface area contributed by atoms with Gasteiger partial charge in [-0.05, 0) is 25.7 Å². The van der Waals surface area contributed by atoms with Gasteiger partial charge in [-0.2, -0.15) is 0 Å². The first-order chi connectivity index (χ1) is 10.6. The van der Waals surface area contributed by atoms with Crippen LogP contribution in [0.2, 0.25) is 0 Å². The van der Waals surface area contributed by atoms with Crippen LogP contribution in [0.5, 0.6) is 0 Å². The highest BCUT2D eigenvalue weighted by molar-refractivity contribution is 6.38. The second-order valence-electron chi connectivity index (χ2n) is 6.64. The van der Waals surface area contributed by atoms with E-state index in [-0.39, 0.29) is 23.4 Å². The molecule has 2 unspecified atom stereocenters. The third-order valence-corrected chi connectivity index (χ3v) is 4.78. The molecule has 0 aliphatic carbocycles. The van der Waals surface area contributed by atoms with Gasteiger partial charge in [0.05, 0.1) is 0 Å². The second kappa shape index (κ2) is 14.0. The Kier molecular flexibility index (Phi) is 13.5. The van der Waals surface area contributed by atoms with E-state index in [1.165, 1.54) is 38.5 Å². The van der Waals surface area contributed by atoms with Crippen molar-refractivity contribution in [1.29, 1.82) is 0 Å². The Labute approximate surface area is 138 Å². The Morgan fingerprint density at radius 3 is 1.23 bits per heavy atom. The van der Waals surface area contributed by atoms with E-state index in [0.717, 1.165) is 38.5 Å². The van der Waals surface area contributed by atoms with E-state index < -0.39 is 0 Å². The van der Waals surface area contributed by atoms with Gasteiger partial charge in [-0.1, -0.05) is 79.1 Å². The van der Waals surface area contributed by atoms with Crippen molar-refractivity contribution in [3.63, 3.8) is 0 Å². The molecule has 0 heterocycles. The Morgan fingerprint density at radius 2 is 0.955 bits per heavy atom. The van der Waals surface area contributed by atoms with Crippen molar-refractivity contribution in [2.45, 2.75) is 105 Å². The minimum Gasteiger partial charge on any atom is -0.291 e. The quantitative estimate of drug-likeness (QED) is 0.270. The SMILES string of the molecule is CCCCCCC(CC)C(=O)C(=O)C(CC)CCCCCC. The molecular formula is C20H38O2. The molecule has 0 N–H and O–H groups in total. The highest BCUT2D eigenvalue weighted by atomic mass is 16.2. The monoisotopic (exact) mass is 310 g/mol. The maximum atomic E-state index is 12.5. The lowest BCUT2D eigenvalue weighted by atomic mass is 9.84. The smallest absolute Gasteiger partial charge is 0.201 e. The fourth-order valence-electron chi connectivity index (χ4n) is 3.08. The Bertz CT molecular complexity index is 266. The molecule has 0 radical (unpaired) electrons. The van der Waals surface area contributed by atoms with Gasteiger partial charge in [0.25, 0.3) is 0 Å². The van der Waals surface area contributed by atoms with Crippen LogP contribution < -0.4 is 0 Å². The fraction of sp³-hybridized carbons (Fsp3) is 0.900. The van der Waals surface area contributed by atoms with E-state index in [2.05, 4.69) is 13.8 Å². The normalized spacial score (nSPS) is 13.8. The standard InChI is InChI=1S/C20H38O2/c1-5-9-11-13-15-17(7-3)19(21)20(22)18(8-4)16-14-12-10-6-2/h17-18H,5-16H2,1-4H3. The molecule has 22 heavy (non-hydrogen) atoms. The lowest BCUT2D eigenvalue weighted by Crippen LogP contribution is -2.29. The zero-order chi connectivity index (χ0) is 16.8. The summed E-state index contributed by atoms with van der Waals surface area (Å²) in [6.07, 6.45) is 12.8. The van der Waals surface area contributed by atoms with Crippen molar-refractivity contribution in [2.75, 3.05) is 0 Å². The highest BCUT2D eigenvalue weighted by Gasteiger charge is 2.28. The molecule has 0 aliphatic heterocycles. The molecule has 0 saturated carbocycles. The predicted octanol–water partition coefficient (Wildman–Crippen LogP) is 6.12. The van der Waals surface area contributed by atoms with E-state index in [0.29, 0.717) is 0 Å². The summed E-state index contributed by atoms with van der Waals surface area (Å²) in [7, 11) is 0. The molecule has 0 rings (SSSR count). The summed E-state index contributed by atoms with van der Waals surface area (Å²) in [4.78, 5) is 25.0. The molecule has 0 fully saturated rings. The summed E-state index contributed by atoms with van der Waals surface area (Å²) in [6, 6.07) is 0. The number of carbonyl (C=O) groups excluding carboxylic acids is 2. The van der Waals surface area contributed by atoms with Crippen LogP contribution in [0.25, 0.3) is 0 Å². The molecule has 0 aliphatic rings. The largest absolute Gasteiger partial charge is 0.291 e. The number of carbonyl (C=O) groups is 2. The molecule has 2 heteroatoms. The van der Waals surface area contributed by atoms with Crippen LogP contribution in [0.4, 0.5) is 0 Å². The number of rotatable bonds is 15. The van der Waals surface area contributed by atoms with Crippen LogP contribution in [0.3, 0.4) is 0 Å². The molecule has 2 nitrogen and oxygen atoms in total. The number of ketones is 2. The highest BCUT2D eigenvalue weighted by Crippen LogP contribution is 2.21. The van der Waals surface area contributed by atoms with Crippen molar-refractivity contribution < 1.29 is 9.59 Å². The fourth-order valence-corrected chi connectivity index (χ4v) is 3.08. The van der Waals surface area contributed by atoms with Gasteiger partial charge < -0.3 is 0 Å². The maximum absolute atomic E-state index is 12.5. The molecule has 0 aromatic carbocycles. The third-order valence-electron chi connectivity index (χ3n) is 4.78. The van der Waals surface area contributed by atoms with E-state index >= 15 is 0 Å². The first-order valence-corrected chi connectivity index (χ1v) is 9.70. The van der Waals surface area contributed by atoms with E-state index in [4.69, 9.17) is 0 Å². The molecule has 0 aromatic heterocycles. The van der Waals surface area contributed by atoms with Crippen LogP contribution in [0.15, 0.2) is 0 Å². The zero-order valence-electron chi connectivity index (χ0n) is 15.5. The van der Waals surface area contributed by atoms with Gasteiger partial charge in [0.1, 0.15) is 0 Å². The van der Waals surface area contributed by atoms with Gasteiger partial charge in [-0.3, -0.25) is 9.59 Å². The average molecular weight is 311 g/mol. The van der Waals surface area contributed by atoms with Gasteiger partial charge in [0.15, 0.2) is 0 Å². The van der Waals surface area contributed by atoms with Crippen molar-refractivity contribution in [3.05, 3.63) is 0 Å². The summed E-state index contributed by atoms with van der Waals surface area (Å²) in [5.74, 6) is -0.231. The molecule has 2 atom stereocenters. The Balaban J connectivity index is 4.33. The van der Waals surface area contributed by atoms with Gasteiger partial charge >= 0.3 is 0 Å². The number of hydrogen-bond donors (Lipinski definition) is 0. The maximum Gasteiger partial charge on any atom is 0.201 e. The third kappa shape index (κ3) is 8.70. The number of Topliss-reactive ketones (excluding diaryl/α,β-unsaturated/α-hetero) is 2. The lowest BCUT2D eigenvalue weighted by Gasteiger charge is -2.17. The van der Waals surface area contributed by atoms with Crippen molar-refractivity contribution in [3.8, 4) is 0 Å². The molecular weight excluding hydrogens is 272 g/mol. The minimum absolute atomic E-state index is 0.0333. The summed E-state index contributed by atoms with van der Waals surface area (Å²) < 4.78 is 0. The first-order valence-electron chi connectivity index (χ1n) is 9.70. The van der Waals surface area contributed by atoms with Crippen LogP contribution >= 0.6 is 0 Å². The summed E-state index contributed by atoms with van der Waals surface area (Å²) in [6.45, 7) is 8.46. The molecule has 0 bridgehead atoms. The van der Waals surface area contributed by atoms with E-state index in [1.807, 2.05) is 13.8 Å². The second-order valence-corrected chi connectivity index (χ2v) is 6.64. The summed E-state index contributed by atoms with van der Waals surface area (Å²) in [5, 5.41) is 0. The lowest BCUT2D eigenvalue weighted by molar-refractivity contribution is -0.141. The average Bonchev–Trinajstić information content (AvgIpc) is 2.54. The van der Waals surface area contributed by atoms with E-state index in [9.17, 15) is 9.59 Å². The predicted molar refractivity (Wildman–Crippen MR) is 95.1 cm³/mol. The molecule has 0 aromatic rings. The van der Waals surface area contributed by atoms with Crippen molar-refractivity contribution >= 4 is 11.6 Å².